The molecular weight excluding hydrogens is 430 g/mol. The van der Waals surface area contributed by atoms with Crippen LogP contribution in [0.1, 0.15) is 24.0 Å². The van der Waals surface area contributed by atoms with Crippen molar-refractivity contribution in [2.45, 2.75) is 25.9 Å². The van der Waals surface area contributed by atoms with Crippen molar-refractivity contribution in [3.05, 3.63) is 53.6 Å². The van der Waals surface area contributed by atoms with E-state index in [1.54, 1.807) is 18.2 Å². The first-order chi connectivity index (χ1) is 15.3. The summed E-state index contributed by atoms with van der Waals surface area (Å²) in [5.41, 5.74) is 2.54. The Hall–Kier alpha value is -2.78. The Bertz CT molecular complexity index is 1040. The SMILES string of the molecule is COc1ccc(N(CC(=O)NCc2ccccc2CN2CCCC2)S(C)(=O)=O)cc1OC. The summed E-state index contributed by atoms with van der Waals surface area (Å²) in [6.07, 6.45) is 3.51. The van der Waals surface area contributed by atoms with Gasteiger partial charge in [0.25, 0.3) is 0 Å². The third kappa shape index (κ3) is 6.14. The van der Waals surface area contributed by atoms with E-state index in [1.807, 2.05) is 18.2 Å². The van der Waals surface area contributed by atoms with Crippen LogP contribution < -0.4 is 19.1 Å². The van der Waals surface area contributed by atoms with E-state index in [9.17, 15) is 13.2 Å². The van der Waals surface area contributed by atoms with E-state index in [-0.39, 0.29) is 12.5 Å². The molecule has 1 N–H and O–H groups in total. The van der Waals surface area contributed by atoms with E-state index in [4.69, 9.17) is 9.47 Å². The van der Waals surface area contributed by atoms with Gasteiger partial charge in [-0.25, -0.2) is 8.42 Å². The van der Waals surface area contributed by atoms with E-state index in [0.29, 0.717) is 23.7 Å². The van der Waals surface area contributed by atoms with Gasteiger partial charge in [0, 0.05) is 19.2 Å². The zero-order chi connectivity index (χ0) is 23.1. The third-order valence-electron chi connectivity index (χ3n) is 5.53. The molecule has 174 valence electrons. The minimum atomic E-state index is -3.69. The molecule has 9 heteroatoms. The zero-order valence-electron chi connectivity index (χ0n) is 18.8. The van der Waals surface area contributed by atoms with Crippen molar-refractivity contribution in [3.63, 3.8) is 0 Å². The Labute approximate surface area is 190 Å². The maximum Gasteiger partial charge on any atom is 0.241 e. The first kappa shape index (κ1) is 23.9. The monoisotopic (exact) mass is 461 g/mol. The van der Waals surface area contributed by atoms with Crippen molar-refractivity contribution in [2.75, 3.05) is 44.4 Å². The summed E-state index contributed by atoms with van der Waals surface area (Å²) < 4.78 is 36.4. The molecule has 1 heterocycles. The normalized spacial score (nSPS) is 14.2. The Kier molecular flexibility index (Phi) is 7.98. The molecule has 0 aromatic heterocycles. The second-order valence-electron chi connectivity index (χ2n) is 7.84. The Morgan fingerprint density at radius 2 is 1.69 bits per heavy atom. The largest absolute Gasteiger partial charge is 0.493 e. The summed E-state index contributed by atoms with van der Waals surface area (Å²) in [5.74, 6) is 0.472. The van der Waals surface area contributed by atoms with Gasteiger partial charge in [-0.05, 0) is 49.2 Å². The molecule has 2 aromatic carbocycles. The number of rotatable bonds is 10. The van der Waals surface area contributed by atoms with Crippen molar-refractivity contribution in [1.29, 1.82) is 0 Å². The van der Waals surface area contributed by atoms with E-state index in [1.165, 1.54) is 32.6 Å². The van der Waals surface area contributed by atoms with Gasteiger partial charge in [-0.3, -0.25) is 14.0 Å². The van der Waals surface area contributed by atoms with Gasteiger partial charge in [0.05, 0.1) is 26.2 Å². The lowest BCUT2D eigenvalue weighted by molar-refractivity contribution is -0.119. The van der Waals surface area contributed by atoms with Crippen LogP contribution in [0.3, 0.4) is 0 Å². The molecule has 1 aliphatic rings. The highest BCUT2D eigenvalue weighted by Gasteiger charge is 2.22. The topological polar surface area (TPSA) is 88.2 Å². The molecule has 0 saturated carbocycles. The molecule has 1 aliphatic heterocycles. The lowest BCUT2D eigenvalue weighted by Gasteiger charge is -2.23. The van der Waals surface area contributed by atoms with E-state index in [2.05, 4.69) is 16.3 Å². The lowest BCUT2D eigenvalue weighted by atomic mass is 10.1. The molecule has 1 amide bonds. The van der Waals surface area contributed by atoms with Gasteiger partial charge in [-0.1, -0.05) is 24.3 Å². The third-order valence-corrected chi connectivity index (χ3v) is 6.67. The van der Waals surface area contributed by atoms with E-state index >= 15 is 0 Å². The average Bonchev–Trinajstić information content (AvgIpc) is 3.28. The number of hydrogen-bond donors (Lipinski definition) is 1. The molecule has 2 aromatic rings. The molecule has 0 atom stereocenters. The van der Waals surface area contributed by atoms with Gasteiger partial charge < -0.3 is 14.8 Å². The van der Waals surface area contributed by atoms with Crippen LogP contribution in [0.15, 0.2) is 42.5 Å². The molecule has 0 aliphatic carbocycles. The highest BCUT2D eigenvalue weighted by atomic mass is 32.2. The number of nitrogens with one attached hydrogen (secondary N) is 1. The fraction of sp³-hybridized carbons (Fsp3) is 0.435. The smallest absolute Gasteiger partial charge is 0.241 e. The standard InChI is InChI=1S/C23H31N3O5S/c1-30-21-11-10-20(14-22(21)31-2)26(32(3,28)29)17-23(27)24-15-18-8-4-5-9-19(18)16-25-12-6-7-13-25/h4-5,8-11,14H,6-7,12-13,15-17H2,1-3H3,(H,24,27). The van der Waals surface area contributed by atoms with Crippen LogP contribution in [0, 0.1) is 0 Å². The lowest BCUT2D eigenvalue weighted by Crippen LogP contribution is -2.40. The summed E-state index contributed by atoms with van der Waals surface area (Å²) in [4.78, 5) is 15.1. The van der Waals surface area contributed by atoms with Gasteiger partial charge in [0.1, 0.15) is 6.54 Å². The summed E-state index contributed by atoms with van der Waals surface area (Å²) in [6, 6.07) is 12.7. The van der Waals surface area contributed by atoms with Crippen molar-refractivity contribution in [3.8, 4) is 11.5 Å². The van der Waals surface area contributed by atoms with E-state index in [0.717, 1.165) is 35.8 Å². The highest BCUT2D eigenvalue weighted by Crippen LogP contribution is 2.32. The number of sulfonamides is 1. The van der Waals surface area contributed by atoms with Gasteiger partial charge >= 0.3 is 0 Å². The van der Waals surface area contributed by atoms with Crippen molar-refractivity contribution in [2.24, 2.45) is 0 Å². The first-order valence-electron chi connectivity index (χ1n) is 10.6. The number of ether oxygens (including phenoxy) is 2. The van der Waals surface area contributed by atoms with Gasteiger partial charge in [0.2, 0.25) is 15.9 Å². The minimum Gasteiger partial charge on any atom is -0.493 e. The van der Waals surface area contributed by atoms with Gasteiger partial charge in [-0.15, -0.1) is 0 Å². The molecule has 0 unspecified atom stereocenters. The summed E-state index contributed by atoms with van der Waals surface area (Å²) in [5, 5.41) is 2.87. The van der Waals surface area contributed by atoms with Crippen LogP contribution in [0.2, 0.25) is 0 Å². The van der Waals surface area contributed by atoms with Crippen LogP contribution in [-0.4, -0.2) is 59.3 Å². The minimum absolute atomic E-state index is 0.328. The maximum absolute atomic E-state index is 12.7. The van der Waals surface area contributed by atoms with Crippen LogP contribution in [0.4, 0.5) is 5.69 Å². The first-order valence-corrected chi connectivity index (χ1v) is 12.4. The summed E-state index contributed by atoms with van der Waals surface area (Å²) in [6.45, 7) is 3.05. The molecular formula is C23H31N3O5S. The molecule has 32 heavy (non-hydrogen) atoms. The molecule has 1 fully saturated rings. The Morgan fingerprint density at radius 1 is 1.03 bits per heavy atom. The quantitative estimate of drug-likeness (QED) is 0.585. The predicted octanol–water partition coefficient (Wildman–Crippen LogP) is 2.38. The van der Waals surface area contributed by atoms with Crippen LogP contribution in [-0.2, 0) is 27.9 Å². The van der Waals surface area contributed by atoms with Crippen LogP contribution in [0.5, 0.6) is 11.5 Å². The van der Waals surface area contributed by atoms with Crippen LogP contribution >= 0.6 is 0 Å². The van der Waals surface area contributed by atoms with Crippen molar-refractivity contribution < 1.29 is 22.7 Å². The highest BCUT2D eigenvalue weighted by molar-refractivity contribution is 7.92. The summed E-state index contributed by atoms with van der Waals surface area (Å²) >= 11 is 0. The number of methoxy groups -OCH3 is 2. The number of benzene rings is 2. The Morgan fingerprint density at radius 3 is 2.31 bits per heavy atom. The molecule has 1 saturated heterocycles. The predicted molar refractivity (Wildman–Crippen MR) is 125 cm³/mol. The number of anilines is 1. The van der Waals surface area contributed by atoms with Gasteiger partial charge in [0.15, 0.2) is 11.5 Å². The van der Waals surface area contributed by atoms with Crippen molar-refractivity contribution in [1.82, 2.24) is 10.2 Å². The van der Waals surface area contributed by atoms with Crippen LogP contribution in [0.25, 0.3) is 0 Å². The summed E-state index contributed by atoms with van der Waals surface area (Å²) in [7, 11) is -0.723. The zero-order valence-corrected chi connectivity index (χ0v) is 19.7. The van der Waals surface area contributed by atoms with Gasteiger partial charge in [-0.2, -0.15) is 0 Å². The molecule has 8 nitrogen and oxygen atoms in total. The second kappa shape index (κ2) is 10.7. The number of carbonyl (C=O) groups is 1. The van der Waals surface area contributed by atoms with Crippen molar-refractivity contribution >= 4 is 21.6 Å². The number of likely N-dealkylation sites (tertiary alicyclic amines) is 1. The average molecular weight is 462 g/mol. The number of nitrogens with zero attached hydrogens (tertiary/aromatic N) is 2. The van der Waals surface area contributed by atoms with E-state index < -0.39 is 10.0 Å². The molecule has 0 radical (unpaired) electrons. The second-order valence-corrected chi connectivity index (χ2v) is 9.74. The Balaban J connectivity index is 1.69. The molecule has 3 rings (SSSR count). The number of hydrogen-bond acceptors (Lipinski definition) is 6. The number of amides is 1. The fourth-order valence-electron chi connectivity index (χ4n) is 3.83. The molecule has 0 bridgehead atoms. The number of carbonyl (C=O) groups excluding carboxylic acids is 1. The molecule has 0 spiro atoms. The maximum atomic E-state index is 12.7. The fourth-order valence-corrected chi connectivity index (χ4v) is 4.67.